The molecule has 7 nitrogen and oxygen atoms in total. The zero-order valence-electron chi connectivity index (χ0n) is 20.6. The summed E-state index contributed by atoms with van der Waals surface area (Å²) in [5, 5.41) is 7.27. The highest BCUT2D eigenvalue weighted by Gasteiger charge is 2.42. The fourth-order valence-corrected chi connectivity index (χ4v) is 4.86. The van der Waals surface area contributed by atoms with Crippen LogP contribution in [0.2, 0.25) is 0 Å². The van der Waals surface area contributed by atoms with Gasteiger partial charge in [0.2, 0.25) is 5.82 Å². The van der Waals surface area contributed by atoms with Gasteiger partial charge in [-0.15, -0.1) is 10.2 Å². The maximum Gasteiger partial charge on any atom is 0.451 e. The molecule has 2 aromatic heterocycles. The van der Waals surface area contributed by atoms with Crippen LogP contribution in [-0.4, -0.2) is 68.1 Å². The smallest absolute Gasteiger partial charge is 0.354 e. The van der Waals surface area contributed by atoms with Gasteiger partial charge in [0, 0.05) is 55.9 Å². The Kier molecular flexibility index (Phi) is 6.89. The summed E-state index contributed by atoms with van der Waals surface area (Å²) in [6.07, 6.45) is -1.23. The van der Waals surface area contributed by atoms with Crippen molar-refractivity contribution in [3.8, 4) is 0 Å². The summed E-state index contributed by atoms with van der Waals surface area (Å²) >= 11 is 1.32. The van der Waals surface area contributed by atoms with Crippen molar-refractivity contribution in [2.24, 2.45) is 7.05 Å². The van der Waals surface area contributed by atoms with Crippen LogP contribution in [0.4, 0.5) is 19.0 Å². The Morgan fingerprint density at radius 3 is 2.26 bits per heavy atom. The van der Waals surface area contributed by atoms with Gasteiger partial charge in [-0.1, -0.05) is 39.5 Å². The van der Waals surface area contributed by atoms with E-state index < -0.39 is 12.0 Å². The van der Waals surface area contributed by atoms with Gasteiger partial charge in [0.15, 0.2) is 5.16 Å². The fourth-order valence-electron chi connectivity index (χ4n) is 4.02. The van der Waals surface area contributed by atoms with E-state index in [1.165, 1.54) is 37.3 Å². The average molecular weight is 498 g/mol. The molecule has 2 aromatic rings. The first-order chi connectivity index (χ1) is 15.9. The third kappa shape index (κ3) is 5.67. The van der Waals surface area contributed by atoms with E-state index in [0.29, 0.717) is 10.9 Å². The predicted octanol–water partition coefficient (Wildman–Crippen LogP) is 4.28. The minimum Gasteiger partial charge on any atom is -0.354 e. The minimum absolute atomic E-state index is 0.0981. The third-order valence-electron chi connectivity index (χ3n) is 6.64. The first kappa shape index (κ1) is 25.2. The van der Waals surface area contributed by atoms with Gasteiger partial charge in [0.25, 0.3) is 0 Å². The highest BCUT2D eigenvalue weighted by atomic mass is 32.2. The second kappa shape index (κ2) is 9.29. The lowest BCUT2D eigenvalue weighted by Crippen LogP contribution is -2.47. The minimum atomic E-state index is -4.48. The van der Waals surface area contributed by atoms with E-state index in [-0.39, 0.29) is 10.8 Å². The predicted molar refractivity (Wildman–Crippen MR) is 127 cm³/mol. The molecule has 4 rings (SSSR count). The number of hydrogen-bond acceptors (Lipinski definition) is 7. The van der Waals surface area contributed by atoms with Gasteiger partial charge in [0.05, 0.1) is 5.69 Å². The van der Waals surface area contributed by atoms with Crippen LogP contribution in [0, 0.1) is 0 Å². The summed E-state index contributed by atoms with van der Waals surface area (Å²) < 4.78 is 39.6. The van der Waals surface area contributed by atoms with Crippen LogP contribution < -0.4 is 4.90 Å². The molecule has 0 unspecified atom stereocenters. The average Bonchev–Trinajstić information content (AvgIpc) is 3.41. The van der Waals surface area contributed by atoms with Crippen LogP contribution in [0.3, 0.4) is 0 Å². The Labute approximate surface area is 203 Å². The van der Waals surface area contributed by atoms with Crippen molar-refractivity contribution in [2.75, 3.05) is 43.4 Å². The number of anilines is 1. The monoisotopic (exact) mass is 497 g/mol. The lowest BCUT2D eigenvalue weighted by Gasteiger charge is -2.36. The Morgan fingerprint density at radius 1 is 1.03 bits per heavy atom. The van der Waals surface area contributed by atoms with Crippen molar-refractivity contribution in [1.82, 2.24) is 29.6 Å². The van der Waals surface area contributed by atoms with Gasteiger partial charge < -0.3 is 9.47 Å². The van der Waals surface area contributed by atoms with Crippen molar-refractivity contribution < 1.29 is 13.2 Å². The quantitative estimate of drug-likeness (QED) is 0.418. The third-order valence-corrected chi connectivity index (χ3v) is 7.74. The standard InChI is InChI=1S/C23H34F3N7S/c1-21(2,3)18-27-16(22(4)7-8-22)15-17(28-18)33-12-10-32(11-13-33)9-6-14-34-20-30-29-19(31(20)5)23(24,25)26/h15H,6-14H2,1-5H3. The van der Waals surface area contributed by atoms with Crippen LogP contribution in [0.15, 0.2) is 11.2 Å². The molecule has 1 saturated heterocycles. The second-order valence-corrected chi connectivity index (χ2v) is 11.7. The van der Waals surface area contributed by atoms with Crippen LogP contribution in [0.25, 0.3) is 0 Å². The number of piperazine rings is 1. The molecule has 0 amide bonds. The summed E-state index contributed by atoms with van der Waals surface area (Å²) in [6, 6.07) is 2.19. The van der Waals surface area contributed by atoms with Crippen molar-refractivity contribution >= 4 is 17.6 Å². The van der Waals surface area contributed by atoms with Gasteiger partial charge in [-0.05, 0) is 25.8 Å². The topological polar surface area (TPSA) is 63.0 Å². The lowest BCUT2D eigenvalue weighted by molar-refractivity contribution is -0.147. The molecule has 0 radical (unpaired) electrons. The summed E-state index contributed by atoms with van der Waals surface area (Å²) in [5.74, 6) is 1.68. The Bertz CT molecular complexity index is 979. The van der Waals surface area contributed by atoms with E-state index in [2.05, 4.69) is 53.8 Å². The number of hydrogen-bond donors (Lipinski definition) is 0. The summed E-state index contributed by atoms with van der Waals surface area (Å²) in [4.78, 5) is 14.6. The number of rotatable bonds is 7. The molecular formula is C23H34F3N7S. The van der Waals surface area contributed by atoms with Crippen molar-refractivity contribution in [3.05, 3.63) is 23.4 Å². The Hall–Kier alpha value is -1.88. The SMILES string of the molecule is Cn1c(SCCCN2CCN(c3cc(C4(C)CC4)nc(C(C)(C)C)n3)CC2)nnc1C(F)(F)F. The Balaban J connectivity index is 1.28. The van der Waals surface area contributed by atoms with E-state index >= 15 is 0 Å². The van der Waals surface area contributed by atoms with Crippen molar-refractivity contribution in [2.45, 2.75) is 69.1 Å². The molecule has 11 heteroatoms. The van der Waals surface area contributed by atoms with Crippen molar-refractivity contribution in [3.63, 3.8) is 0 Å². The summed E-state index contributed by atoms with van der Waals surface area (Å²) in [5.41, 5.74) is 1.26. The molecule has 0 atom stereocenters. The van der Waals surface area contributed by atoms with E-state index in [0.717, 1.165) is 55.4 Å². The highest BCUT2D eigenvalue weighted by molar-refractivity contribution is 7.99. The normalized spacial score (nSPS) is 19.0. The van der Waals surface area contributed by atoms with Crippen LogP contribution in [-0.2, 0) is 24.1 Å². The zero-order valence-corrected chi connectivity index (χ0v) is 21.4. The number of thioether (sulfide) groups is 1. The molecule has 1 saturated carbocycles. The largest absolute Gasteiger partial charge is 0.451 e. The molecule has 0 aromatic carbocycles. The molecule has 0 N–H and O–H groups in total. The maximum atomic E-state index is 12.9. The summed E-state index contributed by atoms with van der Waals surface area (Å²) in [6.45, 7) is 13.4. The van der Waals surface area contributed by atoms with E-state index in [1.54, 1.807) is 0 Å². The first-order valence-corrected chi connectivity index (χ1v) is 12.8. The van der Waals surface area contributed by atoms with Gasteiger partial charge in [-0.2, -0.15) is 13.2 Å². The van der Waals surface area contributed by atoms with Gasteiger partial charge in [-0.3, -0.25) is 4.90 Å². The highest BCUT2D eigenvalue weighted by Crippen LogP contribution is 2.47. The number of nitrogens with zero attached hydrogens (tertiary/aromatic N) is 7. The van der Waals surface area contributed by atoms with Gasteiger partial charge in [-0.25, -0.2) is 9.97 Å². The molecule has 2 fully saturated rings. The Morgan fingerprint density at radius 2 is 1.71 bits per heavy atom. The molecule has 0 bridgehead atoms. The number of aromatic nitrogens is 5. The fraction of sp³-hybridized carbons (Fsp3) is 0.739. The van der Waals surface area contributed by atoms with E-state index in [4.69, 9.17) is 9.97 Å². The molecule has 2 aliphatic rings. The maximum absolute atomic E-state index is 12.9. The lowest BCUT2D eigenvalue weighted by atomic mass is 9.94. The van der Waals surface area contributed by atoms with Crippen LogP contribution in [0.5, 0.6) is 0 Å². The second-order valence-electron chi connectivity index (χ2n) is 10.6. The molecule has 1 aliphatic heterocycles. The first-order valence-electron chi connectivity index (χ1n) is 11.8. The van der Waals surface area contributed by atoms with Gasteiger partial charge in [0.1, 0.15) is 11.6 Å². The molecule has 34 heavy (non-hydrogen) atoms. The molecule has 3 heterocycles. The summed E-state index contributed by atoms with van der Waals surface area (Å²) in [7, 11) is 1.36. The molecule has 1 aliphatic carbocycles. The van der Waals surface area contributed by atoms with Crippen LogP contribution in [0.1, 0.15) is 64.3 Å². The zero-order chi connectivity index (χ0) is 24.7. The van der Waals surface area contributed by atoms with E-state index in [9.17, 15) is 13.2 Å². The number of halogens is 3. The molecular weight excluding hydrogens is 463 g/mol. The van der Waals surface area contributed by atoms with Crippen LogP contribution >= 0.6 is 11.8 Å². The van der Waals surface area contributed by atoms with E-state index in [1.807, 2.05) is 0 Å². The van der Waals surface area contributed by atoms with Crippen molar-refractivity contribution in [1.29, 1.82) is 0 Å². The molecule has 188 valence electrons. The molecule has 0 spiro atoms. The number of alkyl halides is 3. The van der Waals surface area contributed by atoms with Gasteiger partial charge >= 0.3 is 6.18 Å².